The molecule has 105 valence electrons. The van der Waals surface area contributed by atoms with Crippen LogP contribution in [0.5, 0.6) is 0 Å². The van der Waals surface area contributed by atoms with Gasteiger partial charge in [0.1, 0.15) is 0 Å². The van der Waals surface area contributed by atoms with Gasteiger partial charge in [0, 0.05) is 0 Å². The van der Waals surface area contributed by atoms with Gasteiger partial charge in [0.25, 0.3) is 0 Å². The largest absolute Gasteiger partial charge is 2.00 e. The van der Waals surface area contributed by atoms with E-state index in [2.05, 4.69) is 73.4 Å². The fourth-order valence-corrected chi connectivity index (χ4v) is 0. The Kier molecular flexibility index (Phi) is 60.5. The molecule has 0 aromatic heterocycles. The predicted octanol–water partition coefficient (Wildman–Crippen LogP) is -1.56. The average Bonchev–Trinajstić information content (AvgIpc) is 1.76. The molecule has 0 heterocycles. The Labute approximate surface area is 149 Å². The van der Waals surface area contributed by atoms with Gasteiger partial charge in [-0.15, -0.1) is 0 Å². The van der Waals surface area contributed by atoms with E-state index >= 15 is 0 Å². The first-order chi connectivity index (χ1) is 6.93. The zero-order valence-corrected chi connectivity index (χ0v) is 15.8. The van der Waals surface area contributed by atoms with Crippen molar-refractivity contribution in [1.82, 2.24) is 0 Å². The Morgan fingerprint density at radius 3 is 0.556 bits per heavy atom. The molecule has 0 aliphatic carbocycles. The summed E-state index contributed by atoms with van der Waals surface area (Å²) in [5, 5.41) is -3.00. The maximum atomic E-state index is 9.04. The molecule has 0 aliphatic rings. The standard InChI is InChI=1S/4CH3NOS.Cu.Zn/c4*2-1(3)4;;/h4*(H3,2,3,4);;/q;;;;2*+2/p-4. The van der Waals surface area contributed by atoms with Crippen molar-refractivity contribution in [2.24, 2.45) is 22.9 Å². The summed E-state index contributed by atoms with van der Waals surface area (Å²) in [6.45, 7) is 0. The van der Waals surface area contributed by atoms with Gasteiger partial charge in [-0.3, -0.25) is 0 Å². The summed E-state index contributed by atoms with van der Waals surface area (Å²) >= 11 is 15.0. The van der Waals surface area contributed by atoms with Crippen molar-refractivity contribution in [3.05, 3.63) is 0 Å². The second kappa shape index (κ2) is 30.2. The van der Waals surface area contributed by atoms with E-state index in [1.165, 1.54) is 0 Å². The van der Waals surface area contributed by atoms with E-state index in [-0.39, 0.29) is 36.5 Å². The van der Waals surface area contributed by atoms with E-state index in [4.69, 9.17) is 19.2 Å². The molecule has 0 aliphatic heterocycles. The van der Waals surface area contributed by atoms with Crippen molar-refractivity contribution in [2.45, 2.75) is 0 Å². The fourth-order valence-electron chi connectivity index (χ4n) is 0. The minimum Gasteiger partial charge on any atom is -0.719 e. The zero-order valence-electron chi connectivity index (χ0n) is 8.58. The molecule has 0 saturated heterocycles. The average molecular weight is 433 g/mol. The molecule has 0 spiro atoms. The van der Waals surface area contributed by atoms with E-state index in [1.807, 2.05) is 0 Å². The number of carbonyl (C=O) groups excluding carboxylic acids is 4. The molecule has 0 unspecified atom stereocenters. The third-order valence-electron chi connectivity index (χ3n) is 0. The van der Waals surface area contributed by atoms with E-state index in [0.29, 0.717) is 0 Å². The quantitative estimate of drug-likeness (QED) is 0.262. The first-order valence-electron chi connectivity index (χ1n) is 2.79. The minimum atomic E-state index is -0.750. The van der Waals surface area contributed by atoms with Crippen LogP contribution in [0.2, 0.25) is 0 Å². The van der Waals surface area contributed by atoms with Gasteiger partial charge in [-0.1, -0.05) is 0 Å². The Morgan fingerprint density at radius 1 is 0.556 bits per heavy atom. The predicted molar refractivity (Wildman–Crippen MR) is 67.8 cm³/mol. The summed E-state index contributed by atoms with van der Waals surface area (Å²) < 4.78 is 0. The van der Waals surface area contributed by atoms with Crippen molar-refractivity contribution >= 4 is 71.5 Å². The summed E-state index contributed by atoms with van der Waals surface area (Å²) in [5.41, 5.74) is 17.1. The van der Waals surface area contributed by atoms with E-state index < -0.39 is 21.0 Å². The summed E-state index contributed by atoms with van der Waals surface area (Å²) in [6.07, 6.45) is 0. The van der Waals surface area contributed by atoms with Gasteiger partial charge in [0.15, 0.2) is 0 Å². The molecule has 1 radical (unpaired) electrons. The summed E-state index contributed by atoms with van der Waals surface area (Å²) in [6, 6.07) is 0. The molecule has 0 atom stereocenters. The van der Waals surface area contributed by atoms with Gasteiger partial charge in [-0.05, 0) is 0 Å². The van der Waals surface area contributed by atoms with Crippen LogP contribution in [0.3, 0.4) is 0 Å². The normalized spacial score (nSPS) is 5.33. The molecule has 8 nitrogen and oxygen atoms in total. The number of amides is 4. The number of hydrogen-bond donors (Lipinski definition) is 4. The molecule has 0 aromatic rings. The molecule has 0 saturated carbocycles. The van der Waals surface area contributed by atoms with Gasteiger partial charge >= 0.3 is 36.5 Å². The van der Waals surface area contributed by atoms with Crippen LogP contribution in [0.25, 0.3) is 0 Å². The molecule has 14 heteroatoms. The Morgan fingerprint density at radius 2 is 0.556 bits per heavy atom. The molecular formula is C4H8CuN4O4S4Zn. The van der Waals surface area contributed by atoms with Crippen molar-refractivity contribution < 1.29 is 55.7 Å². The number of rotatable bonds is 0. The molecule has 18 heavy (non-hydrogen) atoms. The van der Waals surface area contributed by atoms with Crippen molar-refractivity contribution in [3.63, 3.8) is 0 Å². The van der Waals surface area contributed by atoms with Gasteiger partial charge < -0.3 is 92.6 Å². The van der Waals surface area contributed by atoms with E-state index in [1.54, 1.807) is 0 Å². The van der Waals surface area contributed by atoms with E-state index in [9.17, 15) is 0 Å². The smallest absolute Gasteiger partial charge is 0.719 e. The molecule has 0 fully saturated rings. The van der Waals surface area contributed by atoms with Crippen LogP contribution >= 0.6 is 0 Å². The van der Waals surface area contributed by atoms with E-state index in [0.717, 1.165) is 0 Å². The minimum absolute atomic E-state index is 0. The molecule has 0 rings (SSSR count). The SMILES string of the molecule is NC(=O)[S-].NC(=O)[S-].NC(=O)[S-].NC(=O)[S-].[Cu+2].[Zn+2]. The Bertz CT molecular complexity index is 183. The number of carbonyl (C=O) groups is 4. The third kappa shape index (κ3) is 374000. The van der Waals surface area contributed by atoms with Gasteiger partial charge in [0.05, 0.1) is 21.0 Å². The van der Waals surface area contributed by atoms with Crippen LogP contribution in [-0.4, -0.2) is 21.0 Å². The van der Waals surface area contributed by atoms with Crippen LogP contribution in [0.1, 0.15) is 0 Å². The first kappa shape index (κ1) is 36.1. The number of nitrogens with two attached hydrogens (primary N) is 4. The molecule has 8 N–H and O–H groups in total. The van der Waals surface area contributed by atoms with Crippen LogP contribution in [0, 0.1) is 0 Å². The van der Waals surface area contributed by atoms with Crippen molar-refractivity contribution in [1.29, 1.82) is 0 Å². The second-order valence-electron chi connectivity index (χ2n) is 1.28. The number of primary amides is 4. The Hall–Kier alpha value is -0.0971. The summed E-state index contributed by atoms with van der Waals surface area (Å²) in [5.74, 6) is 0. The first-order valence-corrected chi connectivity index (χ1v) is 4.42. The maximum absolute atomic E-state index is 9.04. The fraction of sp³-hybridized carbons (Fsp3) is 0. The molecule has 0 bridgehead atoms. The second-order valence-corrected chi connectivity index (χ2v) is 2.89. The molecule has 4 amide bonds. The maximum Gasteiger partial charge on any atom is 2.00 e. The number of hydrogen-bond acceptors (Lipinski definition) is 8. The summed E-state index contributed by atoms with van der Waals surface area (Å²) in [4.78, 5) is 36.1. The monoisotopic (exact) mass is 431 g/mol. The summed E-state index contributed by atoms with van der Waals surface area (Å²) in [7, 11) is 0. The van der Waals surface area contributed by atoms with Crippen molar-refractivity contribution in [2.75, 3.05) is 0 Å². The topological polar surface area (TPSA) is 172 Å². The van der Waals surface area contributed by atoms with Crippen LogP contribution < -0.4 is 22.9 Å². The van der Waals surface area contributed by atoms with Gasteiger partial charge in [-0.25, -0.2) is 0 Å². The van der Waals surface area contributed by atoms with Crippen LogP contribution in [-0.2, 0) is 87.1 Å². The zero-order chi connectivity index (χ0) is 14.3. The van der Waals surface area contributed by atoms with Crippen LogP contribution in [0.15, 0.2) is 0 Å². The Balaban J connectivity index is -0.0000000257. The van der Waals surface area contributed by atoms with Crippen LogP contribution in [0.4, 0.5) is 19.2 Å². The van der Waals surface area contributed by atoms with Gasteiger partial charge in [-0.2, -0.15) is 0 Å². The van der Waals surface area contributed by atoms with Gasteiger partial charge in [0.2, 0.25) is 0 Å². The molecular weight excluding hydrogens is 425 g/mol. The third-order valence-corrected chi connectivity index (χ3v) is 0. The van der Waals surface area contributed by atoms with Crippen molar-refractivity contribution in [3.8, 4) is 0 Å². The molecule has 0 aromatic carbocycles.